The predicted molar refractivity (Wildman–Crippen MR) is 186 cm³/mol. The van der Waals surface area contributed by atoms with Crippen molar-refractivity contribution in [2.45, 2.75) is 52.1 Å². The van der Waals surface area contributed by atoms with Gasteiger partial charge in [0.2, 0.25) is 0 Å². The second-order valence-corrected chi connectivity index (χ2v) is 11.9. The zero-order valence-electron chi connectivity index (χ0n) is 25.7. The first-order chi connectivity index (χ1) is 21.2. The number of nitrogens with zero attached hydrogens (tertiary/aromatic N) is 3. The number of rotatable bonds is 14. The Labute approximate surface area is 268 Å². The van der Waals surface area contributed by atoms with Crippen molar-refractivity contribution in [3.8, 4) is 16.9 Å². The molecule has 0 spiro atoms. The third-order valence-electron chi connectivity index (χ3n) is 6.67. The van der Waals surface area contributed by atoms with Gasteiger partial charge in [-0.25, -0.2) is 9.18 Å². The predicted octanol–water partition coefficient (Wildman–Crippen LogP) is 6.24. The van der Waals surface area contributed by atoms with E-state index >= 15 is 4.39 Å². The van der Waals surface area contributed by atoms with Crippen molar-refractivity contribution in [1.82, 2.24) is 19.9 Å². The normalized spacial score (nSPS) is 12.2. The number of allylic oxidation sites excluding steroid dienone is 1. The number of benzene rings is 2. The standard InChI is InChI=1S/C30H37ClFN7OS.C3H6/c1-19(33)5-3-6-21-13-24(28(32)25(31)14-21)26-15-22-17-39(30(40)38-29(22)37-26)23-9-7-20(8-10-23)16-35-11-4-12-36-27(34)18-41-2;1-3-2/h7-10,13-15,17,19,35H,3-6,11-12,16,18,33H2,1-2H3,(H2,34,36)(H,37,38,40);3H,1H2,2H3. The first-order valence-corrected chi connectivity index (χ1v) is 16.4. The maximum Gasteiger partial charge on any atom is 0.354 e. The summed E-state index contributed by atoms with van der Waals surface area (Å²) in [6, 6.07) is 13.1. The van der Waals surface area contributed by atoms with Crippen LogP contribution in [0.5, 0.6) is 0 Å². The molecule has 0 aliphatic rings. The number of nitrogens with one attached hydrogen (secondary N) is 2. The van der Waals surface area contributed by atoms with Crippen LogP contribution in [0.3, 0.4) is 0 Å². The van der Waals surface area contributed by atoms with E-state index < -0.39 is 11.5 Å². The quantitative estimate of drug-likeness (QED) is 0.0560. The van der Waals surface area contributed by atoms with Crippen LogP contribution in [0.1, 0.15) is 44.2 Å². The summed E-state index contributed by atoms with van der Waals surface area (Å²) in [5.41, 5.74) is 15.2. The van der Waals surface area contributed by atoms with Gasteiger partial charge in [-0.2, -0.15) is 16.7 Å². The second-order valence-electron chi connectivity index (χ2n) is 10.6. The van der Waals surface area contributed by atoms with E-state index in [-0.39, 0.29) is 11.1 Å². The number of aromatic nitrogens is 3. The van der Waals surface area contributed by atoms with Gasteiger partial charge in [0, 0.05) is 36.3 Å². The van der Waals surface area contributed by atoms with Gasteiger partial charge in [-0.1, -0.05) is 29.8 Å². The van der Waals surface area contributed by atoms with E-state index in [1.54, 1.807) is 42.2 Å². The minimum Gasteiger partial charge on any atom is -0.387 e. The smallest absolute Gasteiger partial charge is 0.354 e. The molecule has 236 valence electrons. The van der Waals surface area contributed by atoms with Crippen LogP contribution in [-0.4, -0.2) is 51.5 Å². The Morgan fingerprint density at radius 1 is 1.25 bits per heavy atom. The Balaban J connectivity index is 0.00000169. The van der Waals surface area contributed by atoms with Crippen LogP contribution in [-0.2, 0) is 13.0 Å². The van der Waals surface area contributed by atoms with E-state index in [2.05, 4.69) is 26.9 Å². The lowest BCUT2D eigenvalue weighted by molar-refractivity contribution is 0.618. The second kappa shape index (κ2) is 17.8. The lowest BCUT2D eigenvalue weighted by Crippen LogP contribution is -2.20. The van der Waals surface area contributed by atoms with Crippen LogP contribution in [0.4, 0.5) is 4.39 Å². The Hall–Kier alpha value is -3.44. The molecule has 0 saturated heterocycles. The van der Waals surface area contributed by atoms with Crippen LogP contribution in [0.25, 0.3) is 28.0 Å². The van der Waals surface area contributed by atoms with Crippen molar-refractivity contribution in [2.24, 2.45) is 16.5 Å². The highest BCUT2D eigenvalue weighted by atomic mass is 35.5. The first kappa shape index (κ1) is 35.0. The SMILES string of the molecule is C=CC.CSCC(N)=NCCCNCc1ccc(-n2cc3cc(-c4cc(CCCC(C)N)cc(Cl)c4F)[nH]c3nc2=O)cc1. The molecule has 2 heterocycles. The number of halogens is 2. The van der Waals surface area contributed by atoms with Crippen molar-refractivity contribution in [3.63, 3.8) is 0 Å². The van der Waals surface area contributed by atoms with Gasteiger partial charge in [-0.3, -0.25) is 9.56 Å². The molecule has 2 aromatic carbocycles. The molecule has 0 fully saturated rings. The number of nitrogens with two attached hydrogens (primary N) is 2. The fourth-order valence-corrected chi connectivity index (χ4v) is 5.19. The molecule has 6 N–H and O–H groups in total. The van der Waals surface area contributed by atoms with Gasteiger partial charge in [0.05, 0.1) is 22.2 Å². The van der Waals surface area contributed by atoms with Gasteiger partial charge in [0.15, 0.2) is 5.82 Å². The minimum atomic E-state index is -0.513. The minimum absolute atomic E-state index is 0.0587. The molecule has 4 rings (SSSR count). The summed E-state index contributed by atoms with van der Waals surface area (Å²) in [4.78, 5) is 24.5. The average molecular weight is 640 g/mol. The summed E-state index contributed by atoms with van der Waals surface area (Å²) in [6.45, 7) is 9.45. The molecule has 0 saturated carbocycles. The molecule has 2 aromatic heterocycles. The maximum absolute atomic E-state index is 15.0. The Bertz CT molecular complexity index is 1600. The molecule has 1 atom stereocenters. The van der Waals surface area contributed by atoms with Crippen LogP contribution in [0, 0.1) is 5.82 Å². The number of H-pyrrole nitrogens is 1. The van der Waals surface area contributed by atoms with Crippen molar-refractivity contribution in [3.05, 3.63) is 93.8 Å². The number of amidine groups is 1. The largest absolute Gasteiger partial charge is 0.387 e. The lowest BCUT2D eigenvalue weighted by atomic mass is 10.0. The maximum atomic E-state index is 15.0. The first-order valence-electron chi connectivity index (χ1n) is 14.7. The van der Waals surface area contributed by atoms with Gasteiger partial charge in [0.25, 0.3) is 0 Å². The number of aliphatic imine (C=N–C) groups is 1. The number of aromatic amines is 1. The average Bonchev–Trinajstić information content (AvgIpc) is 3.39. The molecule has 0 radical (unpaired) electrons. The van der Waals surface area contributed by atoms with Gasteiger partial charge in [-0.15, -0.1) is 6.58 Å². The van der Waals surface area contributed by atoms with Crippen LogP contribution in [0.2, 0.25) is 5.02 Å². The van der Waals surface area contributed by atoms with E-state index in [4.69, 9.17) is 23.1 Å². The van der Waals surface area contributed by atoms with E-state index in [0.717, 1.165) is 49.1 Å². The summed E-state index contributed by atoms with van der Waals surface area (Å²) >= 11 is 7.89. The zero-order valence-corrected chi connectivity index (χ0v) is 27.3. The molecular weight excluding hydrogens is 597 g/mol. The van der Waals surface area contributed by atoms with E-state index in [1.807, 2.05) is 44.4 Å². The van der Waals surface area contributed by atoms with Crippen LogP contribution in [0.15, 0.2) is 71.1 Å². The lowest BCUT2D eigenvalue weighted by Gasteiger charge is -2.09. The van der Waals surface area contributed by atoms with E-state index in [9.17, 15) is 4.79 Å². The van der Waals surface area contributed by atoms with Crippen molar-refractivity contribution >= 4 is 40.2 Å². The number of aryl methyl sites for hydroxylation is 1. The summed E-state index contributed by atoms with van der Waals surface area (Å²) in [5.74, 6) is 0.926. The molecule has 8 nitrogen and oxygen atoms in total. The highest BCUT2D eigenvalue weighted by Crippen LogP contribution is 2.31. The summed E-state index contributed by atoms with van der Waals surface area (Å²) in [6.07, 6.45) is 8.86. The summed E-state index contributed by atoms with van der Waals surface area (Å²) in [5, 5.41) is 4.15. The van der Waals surface area contributed by atoms with Crippen molar-refractivity contribution < 1.29 is 4.39 Å². The van der Waals surface area contributed by atoms with Crippen LogP contribution < -0.4 is 22.5 Å². The molecule has 44 heavy (non-hydrogen) atoms. The van der Waals surface area contributed by atoms with Crippen LogP contribution >= 0.6 is 23.4 Å². The highest BCUT2D eigenvalue weighted by molar-refractivity contribution is 7.99. The Morgan fingerprint density at radius 3 is 2.66 bits per heavy atom. The summed E-state index contributed by atoms with van der Waals surface area (Å²) in [7, 11) is 0. The van der Waals surface area contributed by atoms with Gasteiger partial charge < -0.3 is 21.8 Å². The number of fused-ring (bicyclic) bond motifs is 1. The fourth-order valence-electron chi connectivity index (χ4n) is 4.57. The van der Waals surface area contributed by atoms with Gasteiger partial charge in [0.1, 0.15) is 11.5 Å². The molecule has 0 aliphatic heterocycles. The van der Waals surface area contributed by atoms with Crippen molar-refractivity contribution in [2.75, 3.05) is 25.1 Å². The third kappa shape index (κ3) is 10.3. The third-order valence-corrected chi connectivity index (χ3v) is 7.53. The zero-order chi connectivity index (χ0) is 32.1. The molecule has 0 amide bonds. The topological polar surface area (TPSA) is 127 Å². The molecule has 0 bridgehead atoms. The van der Waals surface area contributed by atoms with E-state index in [0.29, 0.717) is 46.9 Å². The van der Waals surface area contributed by atoms with E-state index in [1.165, 1.54) is 4.57 Å². The van der Waals surface area contributed by atoms with Crippen molar-refractivity contribution in [1.29, 1.82) is 0 Å². The monoisotopic (exact) mass is 639 g/mol. The molecule has 11 heteroatoms. The summed E-state index contributed by atoms with van der Waals surface area (Å²) < 4.78 is 16.5. The Morgan fingerprint density at radius 2 is 1.98 bits per heavy atom. The number of hydrogen-bond acceptors (Lipinski definition) is 6. The fraction of sp³-hybridized carbons (Fsp3) is 0.364. The van der Waals surface area contributed by atoms with Gasteiger partial charge >= 0.3 is 5.69 Å². The highest BCUT2D eigenvalue weighted by Gasteiger charge is 2.15. The number of hydrogen-bond donors (Lipinski definition) is 4. The number of thioether (sulfide) groups is 1. The van der Waals surface area contributed by atoms with Gasteiger partial charge in [-0.05, 0) is 93.8 Å². The molecular formula is C33H43ClFN7OS. The molecule has 0 aliphatic carbocycles. The molecule has 4 aromatic rings. The molecule has 1 unspecified atom stereocenters. The Kier molecular flexibility index (Phi) is 14.1.